The molecule has 1 aliphatic heterocycles. The smallest absolute Gasteiger partial charge is 0.220 e. The number of benzene rings is 1. The number of carbonyl (C=O) groups excluding carboxylic acids is 1. The minimum Gasteiger partial charge on any atom is -0.351 e. The highest BCUT2D eigenvalue weighted by molar-refractivity contribution is 5.76. The van der Waals surface area contributed by atoms with Gasteiger partial charge in [-0.25, -0.2) is 8.78 Å². The molecule has 1 fully saturated rings. The average Bonchev–Trinajstić information content (AvgIpc) is 2.41. The standard InChI is InChI=1S/C16H22F2N2O/c1-10(2)7-16(21)20-15-9-19-6-5-12(15)11-3-4-13(17)14(18)8-11/h3-4,8,10,12,15,19H,5-7,9H2,1-2H3,(H,20,21). The first kappa shape index (κ1) is 15.9. The minimum absolute atomic E-state index is 0.00582. The summed E-state index contributed by atoms with van der Waals surface area (Å²) in [6.45, 7) is 5.44. The van der Waals surface area contributed by atoms with E-state index in [1.807, 2.05) is 13.8 Å². The molecule has 1 heterocycles. The van der Waals surface area contributed by atoms with Crippen molar-refractivity contribution in [1.82, 2.24) is 10.6 Å². The van der Waals surface area contributed by atoms with Gasteiger partial charge in [0.1, 0.15) is 0 Å². The molecule has 0 aliphatic carbocycles. The van der Waals surface area contributed by atoms with Gasteiger partial charge in [-0.05, 0) is 36.6 Å². The van der Waals surface area contributed by atoms with Gasteiger partial charge in [0.15, 0.2) is 11.6 Å². The van der Waals surface area contributed by atoms with Crippen molar-refractivity contribution < 1.29 is 13.6 Å². The van der Waals surface area contributed by atoms with Crippen LogP contribution in [0.15, 0.2) is 18.2 Å². The van der Waals surface area contributed by atoms with E-state index in [0.717, 1.165) is 24.6 Å². The Bertz CT molecular complexity index is 505. The van der Waals surface area contributed by atoms with Crippen LogP contribution in [0.2, 0.25) is 0 Å². The van der Waals surface area contributed by atoms with E-state index in [9.17, 15) is 13.6 Å². The maximum Gasteiger partial charge on any atom is 0.220 e. The van der Waals surface area contributed by atoms with Crippen molar-refractivity contribution in [1.29, 1.82) is 0 Å². The molecule has 21 heavy (non-hydrogen) atoms. The lowest BCUT2D eigenvalue weighted by Gasteiger charge is -2.33. The van der Waals surface area contributed by atoms with Gasteiger partial charge in [-0.2, -0.15) is 0 Å². The predicted octanol–water partition coefficient (Wildman–Crippen LogP) is 2.57. The molecule has 1 aliphatic rings. The third kappa shape index (κ3) is 4.24. The van der Waals surface area contributed by atoms with Crippen molar-refractivity contribution in [2.75, 3.05) is 13.1 Å². The van der Waals surface area contributed by atoms with Gasteiger partial charge in [-0.1, -0.05) is 19.9 Å². The first-order chi connectivity index (χ1) is 9.97. The van der Waals surface area contributed by atoms with Gasteiger partial charge in [0.2, 0.25) is 5.91 Å². The summed E-state index contributed by atoms with van der Waals surface area (Å²) in [6, 6.07) is 3.91. The number of amides is 1. The normalized spacial score (nSPS) is 22.3. The Morgan fingerprint density at radius 3 is 2.81 bits per heavy atom. The average molecular weight is 296 g/mol. The number of hydrogen-bond acceptors (Lipinski definition) is 2. The van der Waals surface area contributed by atoms with Crippen LogP contribution in [0.25, 0.3) is 0 Å². The van der Waals surface area contributed by atoms with Gasteiger partial charge in [-0.15, -0.1) is 0 Å². The van der Waals surface area contributed by atoms with E-state index < -0.39 is 11.6 Å². The van der Waals surface area contributed by atoms with E-state index in [1.54, 1.807) is 6.07 Å². The third-order valence-corrected chi connectivity index (χ3v) is 3.79. The minimum atomic E-state index is -0.840. The lowest BCUT2D eigenvalue weighted by molar-refractivity contribution is -0.122. The number of piperidine rings is 1. The lowest BCUT2D eigenvalue weighted by atomic mass is 9.85. The van der Waals surface area contributed by atoms with Crippen molar-refractivity contribution in [3.05, 3.63) is 35.4 Å². The Kier molecular flexibility index (Phi) is 5.28. The van der Waals surface area contributed by atoms with Crippen LogP contribution in [0.5, 0.6) is 0 Å². The monoisotopic (exact) mass is 296 g/mol. The van der Waals surface area contributed by atoms with E-state index in [0.29, 0.717) is 18.9 Å². The fourth-order valence-electron chi connectivity index (χ4n) is 2.79. The second-order valence-electron chi connectivity index (χ2n) is 6.04. The van der Waals surface area contributed by atoms with Gasteiger partial charge in [-0.3, -0.25) is 4.79 Å². The molecule has 1 saturated heterocycles. The van der Waals surface area contributed by atoms with Gasteiger partial charge < -0.3 is 10.6 Å². The molecule has 2 atom stereocenters. The Labute approximate surface area is 124 Å². The van der Waals surface area contributed by atoms with Gasteiger partial charge in [0.25, 0.3) is 0 Å². The number of nitrogens with one attached hydrogen (secondary N) is 2. The molecule has 2 rings (SSSR count). The Morgan fingerprint density at radius 2 is 2.14 bits per heavy atom. The van der Waals surface area contributed by atoms with Crippen molar-refractivity contribution in [3.8, 4) is 0 Å². The van der Waals surface area contributed by atoms with Crippen LogP contribution in [0.3, 0.4) is 0 Å². The molecule has 0 radical (unpaired) electrons. The molecule has 1 aromatic carbocycles. The lowest BCUT2D eigenvalue weighted by Crippen LogP contribution is -2.50. The molecule has 0 bridgehead atoms. The van der Waals surface area contributed by atoms with E-state index in [2.05, 4.69) is 10.6 Å². The van der Waals surface area contributed by atoms with Crippen LogP contribution in [-0.2, 0) is 4.79 Å². The topological polar surface area (TPSA) is 41.1 Å². The second-order valence-corrected chi connectivity index (χ2v) is 6.04. The van der Waals surface area contributed by atoms with Gasteiger partial charge in [0, 0.05) is 24.9 Å². The van der Waals surface area contributed by atoms with Crippen LogP contribution < -0.4 is 10.6 Å². The summed E-state index contributed by atoms with van der Waals surface area (Å²) in [5.41, 5.74) is 0.741. The number of halogens is 2. The molecule has 5 heteroatoms. The number of rotatable bonds is 4. The highest BCUT2D eigenvalue weighted by Gasteiger charge is 2.28. The summed E-state index contributed by atoms with van der Waals surface area (Å²) in [5.74, 6) is -1.36. The molecule has 0 saturated carbocycles. The van der Waals surface area contributed by atoms with E-state index >= 15 is 0 Å². The Morgan fingerprint density at radius 1 is 1.38 bits per heavy atom. The highest BCUT2D eigenvalue weighted by atomic mass is 19.2. The summed E-state index contributed by atoms with van der Waals surface area (Å²) >= 11 is 0. The molecular formula is C16H22F2N2O. The molecule has 2 unspecified atom stereocenters. The zero-order valence-electron chi connectivity index (χ0n) is 12.5. The third-order valence-electron chi connectivity index (χ3n) is 3.79. The van der Waals surface area contributed by atoms with Crippen LogP contribution in [0, 0.1) is 17.6 Å². The fraction of sp³-hybridized carbons (Fsp3) is 0.562. The van der Waals surface area contributed by atoms with Crippen molar-refractivity contribution in [2.45, 2.75) is 38.6 Å². The predicted molar refractivity (Wildman–Crippen MR) is 78.0 cm³/mol. The highest BCUT2D eigenvalue weighted by Crippen LogP contribution is 2.27. The first-order valence-corrected chi connectivity index (χ1v) is 7.42. The largest absolute Gasteiger partial charge is 0.351 e. The van der Waals surface area contributed by atoms with Crippen molar-refractivity contribution in [3.63, 3.8) is 0 Å². The summed E-state index contributed by atoms with van der Waals surface area (Å²) in [7, 11) is 0. The van der Waals surface area contributed by atoms with E-state index in [4.69, 9.17) is 0 Å². The van der Waals surface area contributed by atoms with Crippen LogP contribution in [0.1, 0.15) is 38.2 Å². The zero-order chi connectivity index (χ0) is 15.4. The molecule has 1 amide bonds. The maximum absolute atomic E-state index is 13.4. The summed E-state index contributed by atoms with van der Waals surface area (Å²) in [4.78, 5) is 11.9. The van der Waals surface area contributed by atoms with Crippen LogP contribution in [-0.4, -0.2) is 25.0 Å². The molecule has 2 N–H and O–H groups in total. The fourth-order valence-corrected chi connectivity index (χ4v) is 2.79. The number of carbonyl (C=O) groups is 1. The quantitative estimate of drug-likeness (QED) is 0.896. The maximum atomic E-state index is 13.4. The molecule has 116 valence electrons. The summed E-state index contributed by atoms with van der Waals surface area (Å²) in [5, 5.41) is 6.25. The molecular weight excluding hydrogens is 274 g/mol. The number of hydrogen-bond donors (Lipinski definition) is 2. The molecule has 0 spiro atoms. The molecule has 3 nitrogen and oxygen atoms in total. The molecule has 1 aromatic rings. The zero-order valence-corrected chi connectivity index (χ0v) is 12.5. The SMILES string of the molecule is CC(C)CC(=O)NC1CNCCC1c1ccc(F)c(F)c1. The van der Waals surface area contributed by atoms with Crippen molar-refractivity contribution in [2.24, 2.45) is 5.92 Å². The van der Waals surface area contributed by atoms with Gasteiger partial charge >= 0.3 is 0 Å². The first-order valence-electron chi connectivity index (χ1n) is 7.42. The van der Waals surface area contributed by atoms with Crippen LogP contribution >= 0.6 is 0 Å². The summed E-state index contributed by atoms with van der Waals surface area (Å²) in [6.07, 6.45) is 1.26. The Balaban J connectivity index is 2.11. The van der Waals surface area contributed by atoms with E-state index in [1.165, 1.54) is 6.07 Å². The van der Waals surface area contributed by atoms with E-state index in [-0.39, 0.29) is 17.9 Å². The van der Waals surface area contributed by atoms with Crippen molar-refractivity contribution >= 4 is 5.91 Å². The van der Waals surface area contributed by atoms with Crippen LogP contribution in [0.4, 0.5) is 8.78 Å². The van der Waals surface area contributed by atoms with Gasteiger partial charge in [0.05, 0.1) is 0 Å². The Hall–Kier alpha value is -1.49. The molecule has 0 aromatic heterocycles. The summed E-state index contributed by atoms with van der Waals surface area (Å²) < 4.78 is 26.5. The second kappa shape index (κ2) is 6.98.